The Hall–Kier alpha value is -2.48. The number of aromatic nitrogens is 3. The summed E-state index contributed by atoms with van der Waals surface area (Å²) in [6.07, 6.45) is 1.62. The largest absolute Gasteiger partial charge is 0.496 e. The van der Waals surface area contributed by atoms with Gasteiger partial charge in [-0.05, 0) is 11.6 Å². The zero-order valence-electron chi connectivity index (χ0n) is 11.2. The lowest BCUT2D eigenvalue weighted by molar-refractivity contribution is -0.385. The number of nitro benzene ring substituents is 1. The van der Waals surface area contributed by atoms with E-state index in [4.69, 9.17) is 4.74 Å². The number of nitrogens with one attached hydrogen (secondary N) is 1. The van der Waals surface area contributed by atoms with Crippen molar-refractivity contribution in [3.8, 4) is 5.75 Å². The molecule has 1 aromatic heterocycles. The molecule has 0 unspecified atom stereocenters. The molecule has 0 saturated heterocycles. The van der Waals surface area contributed by atoms with Crippen LogP contribution in [0.2, 0.25) is 0 Å². The SMILES string of the molecule is COc1cc(CNCc2ncn(C)n2)cc([N+](=O)[O-])c1. The van der Waals surface area contributed by atoms with Gasteiger partial charge >= 0.3 is 0 Å². The third kappa shape index (κ3) is 3.51. The van der Waals surface area contributed by atoms with E-state index in [-0.39, 0.29) is 5.69 Å². The topological polar surface area (TPSA) is 95.1 Å². The Balaban J connectivity index is 2.01. The van der Waals surface area contributed by atoms with E-state index in [1.54, 1.807) is 24.1 Å². The molecule has 0 bridgehead atoms. The van der Waals surface area contributed by atoms with E-state index in [9.17, 15) is 10.1 Å². The van der Waals surface area contributed by atoms with Crippen molar-refractivity contribution in [2.75, 3.05) is 7.11 Å². The van der Waals surface area contributed by atoms with Crippen LogP contribution < -0.4 is 10.1 Å². The molecular formula is C12H15N5O3. The van der Waals surface area contributed by atoms with Crippen LogP contribution in [0.4, 0.5) is 5.69 Å². The number of nitrogens with zero attached hydrogens (tertiary/aromatic N) is 4. The van der Waals surface area contributed by atoms with Crippen molar-refractivity contribution in [1.29, 1.82) is 0 Å². The molecule has 0 radical (unpaired) electrons. The van der Waals surface area contributed by atoms with Gasteiger partial charge in [0.2, 0.25) is 0 Å². The Labute approximate surface area is 115 Å². The highest BCUT2D eigenvalue weighted by Crippen LogP contribution is 2.22. The van der Waals surface area contributed by atoms with Crippen molar-refractivity contribution in [2.24, 2.45) is 7.05 Å². The van der Waals surface area contributed by atoms with Crippen LogP contribution in [0.25, 0.3) is 0 Å². The number of benzene rings is 1. The zero-order valence-corrected chi connectivity index (χ0v) is 11.2. The summed E-state index contributed by atoms with van der Waals surface area (Å²) in [5.41, 5.74) is 0.782. The fourth-order valence-electron chi connectivity index (χ4n) is 1.75. The van der Waals surface area contributed by atoms with Gasteiger partial charge in [0, 0.05) is 19.7 Å². The van der Waals surface area contributed by atoms with Crippen LogP contribution in [0.5, 0.6) is 5.75 Å². The summed E-state index contributed by atoms with van der Waals surface area (Å²) in [4.78, 5) is 14.5. The maximum Gasteiger partial charge on any atom is 0.273 e. The summed E-state index contributed by atoms with van der Waals surface area (Å²) in [7, 11) is 3.27. The minimum absolute atomic E-state index is 0.0112. The minimum atomic E-state index is -0.438. The Bertz CT molecular complexity index is 611. The van der Waals surface area contributed by atoms with E-state index in [1.165, 1.54) is 19.2 Å². The molecule has 0 amide bonds. The number of ether oxygens (including phenoxy) is 1. The number of rotatable bonds is 6. The van der Waals surface area contributed by atoms with Crippen LogP contribution in [0, 0.1) is 10.1 Å². The van der Waals surface area contributed by atoms with Crippen LogP contribution in [-0.4, -0.2) is 26.8 Å². The lowest BCUT2D eigenvalue weighted by Gasteiger charge is -2.06. The molecule has 1 N–H and O–H groups in total. The molecule has 2 aromatic rings. The Kier molecular flexibility index (Phi) is 4.26. The molecule has 8 nitrogen and oxygen atoms in total. The van der Waals surface area contributed by atoms with Gasteiger partial charge in [-0.2, -0.15) is 5.10 Å². The van der Waals surface area contributed by atoms with Crippen molar-refractivity contribution in [1.82, 2.24) is 20.1 Å². The lowest BCUT2D eigenvalue weighted by Crippen LogP contribution is -2.14. The van der Waals surface area contributed by atoms with E-state index in [0.29, 0.717) is 24.7 Å². The highest BCUT2D eigenvalue weighted by atomic mass is 16.6. The molecule has 0 atom stereocenters. The average molecular weight is 277 g/mol. The smallest absolute Gasteiger partial charge is 0.273 e. The van der Waals surface area contributed by atoms with Crippen molar-refractivity contribution in [3.63, 3.8) is 0 Å². The van der Waals surface area contributed by atoms with Gasteiger partial charge in [-0.15, -0.1) is 0 Å². The Morgan fingerprint density at radius 3 is 2.80 bits per heavy atom. The predicted octanol–water partition coefficient (Wildman–Crippen LogP) is 1.02. The zero-order chi connectivity index (χ0) is 14.5. The first-order valence-corrected chi connectivity index (χ1v) is 5.96. The van der Waals surface area contributed by atoms with Crippen molar-refractivity contribution < 1.29 is 9.66 Å². The Morgan fingerprint density at radius 2 is 2.20 bits per heavy atom. The molecule has 0 aliphatic carbocycles. The molecular weight excluding hydrogens is 262 g/mol. The fourth-order valence-corrected chi connectivity index (χ4v) is 1.75. The van der Waals surface area contributed by atoms with E-state index >= 15 is 0 Å². The summed E-state index contributed by atoms with van der Waals surface area (Å²) in [6, 6.07) is 4.66. The molecule has 0 fully saturated rings. The van der Waals surface area contributed by atoms with Gasteiger partial charge in [0.1, 0.15) is 12.1 Å². The number of methoxy groups -OCH3 is 1. The molecule has 8 heteroatoms. The van der Waals surface area contributed by atoms with E-state index in [1.807, 2.05) is 0 Å². The average Bonchev–Trinajstić information content (AvgIpc) is 2.84. The van der Waals surface area contributed by atoms with Crippen molar-refractivity contribution in [2.45, 2.75) is 13.1 Å². The first kappa shape index (κ1) is 13.9. The van der Waals surface area contributed by atoms with E-state index < -0.39 is 4.92 Å². The van der Waals surface area contributed by atoms with Gasteiger partial charge in [0.25, 0.3) is 5.69 Å². The molecule has 0 aliphatic heterocycles. The molecule has 0 saturated carbocycles. The van der Waals surface area contributed by atoms with Crippen LogP contribution in [0.3, 0.4) is 0 Å². The van der Waals surface area contributed by atoms with Crippen LogP contribution in [0.1, 0.15) is 11.4 Å². The standard InChI is InChI=1S/C12H15N5O3/c1-16-8-14-12(15-16)7-13-6-9-3-10(17(18)19)5-11(4-9)20-2/h3-5,8,13H,6-7H2,1-2H3. The highest BCUT2D eigenvalue weighted by Gasteiger charge is 2.10. The Morgan fingerprint density at radius 1 is 1.40 bits per heavy atom. The minimum Gasteiger partial charge on any atom is -0.496 e. The third-order valence-electron chi connectivity index (χ3n) is 2.66. The summed E-state index contributed by atoms with van der Waals surface area (Å²) in [5.74, 6) is 1.14. The number of hydrogen-bond acceptors (Lipinski definition) is 6. The molecule has 1 heterocycles. The van der Waals surface area contributed by atoms with Crippen LogP contribution >= 0.6 is 0 Å². The number of hydrogen-bond donors (Lipinski definition) is 1. The summed E-state index contributed by atoms with van der Waals surface area (Å²) >= 11 is 0. The number of aryl methyl sites for hydroxylation is 1. The van der Waals surface area contributed by atoms with Gasteiger partial charge in [-0.1, -0.05) is 0 Å². The number of non-ortho nitro benzene ring substituents is 1. The quantitative estimate of drug-likeness (QED) is 0.625. The van der Waals surface area contributed by atoms with Gasteiger partial charge in [0.05, 0.1) is 24.6 Å². The maximum absolute atomic E-state index is 10.8. The van der Waals surface area contributed by atoms with Gasteiger partial charge in [0.15, 0.2) is 5.82 Å². The van der Waals surface area contributed by atoms with E-state index in [0.717, 1.165) is 5.56 Å². The molecule has 106 valence electrons. The first-order chi connectivity index (χ1) is 9.58. The number of nitro groups is 1. The second-order valence-electron chi connectivity index (χ2n) is 4.23. The maximum atomic E-state index is 10.8. The van der Waals surface area contributed by atoms with Crippen molar-refractivity contribution in [3.05, 3.63) is 46.0 Å². The monoisotopic (exact) mass is 277 g/mol. The van der Waals surface area contributed by atoms with Gasteiger partial charge in [-0.25, -0.2) is 4.98 Å². The first-order valence-electron chi connectivity index (χ1n) is 5.96. The summed E-state index contributed by atoms with van der Waals surface area (Å²) < 4.78 is 6.67. The summed E-state index contributed by atoms with van der Waals surface area (Å²) in [5, 5.41) is 18.1. The third-order valence-corrected chi connectivity index (χ3v) is 2.66. The van der Waals surface area contributed by atoms with Crippen LogP contribution in [0.15, 0.2) is 24.5 Å². The summed E-state index contributed by atoms with van der Waals surface area (Å²) in [6.45, 7) is 0.960. The highest BCUT2D eigenvalue weighted by molar-refractivity contribution is 5.42. The molecule has 0 aliphatic rings. The second-order valence-corrected chi connectivity index (χ2v) is 4.23. The molecule has 2 rings (SSSR count). The van der Waals surface area contributed by atoms with Gasteiger partial charge < -0.3 is 10.1 Å². The fraction of sp³-hybridized carbons (Fsp3) is 0.333. The van der Waals surface area contributed by atoms with E-state index in [2.05, 4.69) is 15.4 Å². The lowest BCUT2D eigenvalue weighted by atomic mass is 10.2. The molecule has 20 heavy (non-hydrogen) atoms. The van der Waals surface area contributed by atoms with Crippen molar-refractivity contribution >= 4 is 5.69 Å². The predicted molar refractivity (Wildman–Crippen MR) is 71.2 cm³/mol. The second kappa shape index (κ2) is 6.11. The van der Waals surface area contributed by atoms with Crippen LogP contribution in [-0.2, 0) is 20.1 Å². The molecule has 1 aromatic carbocycles. The normalized spacial score (nSPS) is 10.5. The molecule has 0 spiro atoms. The van der Waals surface area contributed by atoms with Gasteiger partial charge in [-0.3, -0.25) is 14.8 Å².